The fraction of sp³-hybridized carbons (Fsp3) is 0.304. The molecule has 1 aromatic heterocycles. The molecule has 5 heteroatoms. The molecule has 2 heterocycles. The Balaban J connectivity index is 1.44. The van der Waals surface area contributed by atoms with E-state index in [2.05, 4.69) is 40.2 Å². The van der Waals surface area contributed by atoms with E-state index in [4.69, 9.17) is 0 Å². The molecule has 3 aromatic rings. The molecule has 1 amide bonds. The molecule has 0 unspecified atom stereocenters. The minimum absolute atomic E-state index is 0.00676. The van der Waals surface area contributed by atoms with Crippen molar-refractivity contribution in [2.24, 2.45) is 0 Å². The molecular formula is C23H25N3OS. The normalized spacial score (nSPS) is 14.7. The van der Waals surface area contributed by atoms with E-state index in [0.29, 0.717) is 6.54 Å². The number of piperidine rings is 1. The zero-order chi connectivity index (χ0) is 19.3. The Morgan fingerprint density at radius 3 is 2.68 bits per heavy atom. The largest absolute Gasteiger partial charge is 0.371 e. The number of anilines is 1. The van der Waals surface area contributed by atoms with Crippen molar-refractivity contribution in [1.82, 2.24) is 9.88 Å². The number of aromatic nitrogens is 1. The highest BCUT2D eigenvalue weighted by atomic mass is 32.1. The fourth-order valence-corrected chi connectivity index (χ4v) is 4.52. The van der Waals surface area contributed by atoms with Crippen molar-refractivity contribution in [2.45, 2.75) is 25.8 Å². The van der Waals surface area contributed by atoms with E-state index in [-0.39, 0.29) is 5.91 Å². The number of likely N-dealkylation sites (N-methyl/N-ethyl adjacent to an activating group) is 1. The molecule has 1 fully saturated rings. The lowest BCUT2D eigenvalue weighted by Crippen LogP contribution is -2.31. The fourth-order valence-electron chi connectivity index (χ4n) is 3.65. The molecule has 0 atom stereocenters. The highest BCUT2D eigenvalue weighted by Crippen LogP contribution is 2.25. The van der Waals surface area contributed by atoms with Gasteiger partial charge in [-0.3, -0.25) is 4.79 Å². The van der Waals surface area contributed by atoms with Gasteiger partial charge in [0.2, 0.25) is 5.91 Å². The second kappa shape index (κ2) is 8.57. The lowest BCUT2D eigenvalue weighted by molar-refractivity contribution is -0.125. The van der Waals surface area contributed by atoms with Crippen LogP contribution in [0.3, 0.4) is 0 Å². The molecule has 0 spiro atoms. The summed E-state index contributed by atoms with van der Waals surface area (Å²) in [6, 6.07) is 16.5. The minimum Gasteiger partial charge on any atom is -0.371 e. The van der Waals surface area contributed by atoms with Crippen molar-refractivity contribution in [3.63, 3.8) is 0 Å². The Morgan fingerprint density at radius 1 is 1.11 bits per heavy atom. The standard InChI is InChI=1S/C23H25N3OS/c1-25(17-18-9-3-5-11-20(18)26-15-7-2-8-16-26)23(27)14-13-22-24-19-10-4-6-12-21(19)28-22/h3-6,9-14H,2,7-8,15-17H2,1H3/b14-13+. The van der Waals surface area contributed by atoms with E-state index in [9.17, 15) is 4.79 Å². The van der Waals surface area contributed by atoms with Gasteiger partial charge in [0.1, 0.15) is 5.01 Å². The predicted octanol–water partition coefficient (Wildman–Crippen LogP) is 4.96. The van der Waals surface area contributed by atoms with E-state index < -0.39 is 0 Å². The molecule has 144 valence electrons. The number of carbonyl (C=O) groups is 1. The second-order valence-electron chi connectivity index (χ2n) is 7.22. The van der Waals surface area contributed by atoms with Crippen LogP contribution < -0.4 is 4.90 Å². The molecular weight excluding hydrogens is 366 g/mol. The Hall–Kier alpha value is -2.66. The highest BCUT2D eigenvalue weighted by molar-refractivity contribution is 7.19. The van der Waals surface area contributed by atoms with Crippen molar-refractivity contribution in [2.75, 3.05) is 25.0 Å². The van der Waals surface area contributed by atoms with Crippen LogP contribution in [0.5, 0.6) is 0 Å². The number of nitrogens with zero attached hydrogens (tertiary/aromatic N) is 3. The number of carbonyl (C=O) groups excluding carboxylic acids is 1. The Bertz CT molecular complexity index is 955. The number of amides is 1. The first-order valence-electron chi connectivity index (χ1n) is 9.82. The first-order chi connectivity index (χ1) is 13.7. The van der Waals surface area contributed by atoms with Crippen molar-refractivity contribution in [3.05, 3.63) is 65.2 Å². The molecule has 28 heavy (non-hydrogen) atoms. The third kappa shape index (κ3) is 4.25. The molecule has 4 nitrogen and oxygen atoms in total. The Labute approximate surface area is 170 Å². The van der Waals surface area contributed by atoms with Gasteiger partial charge in [0.25, 0.3) is 0 Å². The van der Waals surface area contributed by atoms with Crippen molar-refractivity contribution < 1.29 is 4.79 Å². The van der Waals surface area contributed by atoms with Crippen LogP contribution in [-0.2, 0) is 11.3 Å². The van der Waals surface area contributed by atoms with Crippen LogP contribution in [0.25, 0.3) is 16.3 Å². The maximum Gasteiger partial charge on any atom is 0.246 e. The van der Waals surface area contributed by atoms with Gasteiger partial charge in [-0.05, 0) is 49.1 Å². The summed E-state index contributed by atoms with van der Waals surface area (Å²) < 4.78 is 1.14. The van der Waals surface area contributed by atoms with Gasteiger partial charge in [-0.2, -0.15) is 0 Å². The monoisotopic (exact) mass is 391 g/mol. The zero-order valence-corrected chi connectivity index (χ0v) is 17.0. The third-order valence-corrected chi connectivity index (χ3v) is 6.15. The van der Waals surface area contributed by atoms with E-state index >= 15 is 0 Å². The van der Waals surface area contributed by atoms with Gasteiger partial charge in [0, 0.05) is 38.4 Å². The van der Waals surface area contributed by atoms with Gasteiger partial charge >= 0.3 is 0 Å². The molecule has 0 N–H and O–H groups in total. The summed E-state index contributed by atoms with van der Waals surface area (Å²) in [5, 5.41) is 0.858. The average molecular weight is 392 g/mol. The van der Waals surface area contributed by atoms with Gasteiger partial charge < -0.3 is 9.80 Å². The number of rotatable bonds is 5. The lowest BCUT2D eigenvalue weighted by atomic mass is 10.1. The molecule has 1 saturated heterocycles. The number of fused-ring (bicyclic) bond motifs is 1. The summed E-state index contributed by atoms with van der Waals surface area (Å²) in [7, 11) is 1.86. The molecule has 0 radical (unpaired) electrons. The number of hydrogen-bond acceptors (Lipinski definition) is 4. The maximum atomic E-state index is 12.6. The van der Waals surface area contributed by atoms with Crippen molar-refractivity contribution in [1.29, 1.82) is 0 Å². The first kappa shape index (κ1) is 18.7. The van der Waals surface area contributed by atoms with Crippen LogP contribution in [-0.4, -0.2) is 35.9 Å². The van der Waals surface area contributed by atoms with Crippen LogP contribution in [0.2, 0.25) is 0 Å². The van der Waals surface area contributed by atoms with E-state index in [1.165, 1.54) is 30.5 Å². The molecule has 0 bridgehead atoms. The Kier molecular flexibility index (Phi) is 5.72. The number of benzene rings is 2. The molecule has 2 aromatic carbocycles. The quantitative estimate of drug-likeness (QED) is 0.577. The third-order valence-electron chi connectivity index (χ3n) is 5.15. The van der Waals surface area contributed by atoms with Crippen molar-refractivity contribution in [3.8, 4) is 0 Å². The highest BCUT2D eigenvalue weighted by Gasteiger charge is 2.16. The maximum absolute atomic E-state index is 12.6. The van der Waals surface area contributed by atoms with E-state index in [0.717, 1.165) is 28.3 Å². The molecule has 0 aliphatic carbocycles. The van der Waals surface area contributed by atoms with Gasteiger partial charge in [-0.15, -0.1) is 11.3 Å². The number of thiazole rings is 1. The van der Waals surface area contributed by atoms with Gasteiger partial charge in [-0.25, -0.2) is 4.98 Å². The summed E-state index contributed by atoms with van der Waals surface area (Å²) in [5.74, 6) is -0.00676. The van der Waals surface area contributed by atoms with Crippen LogP contribution in [0.15, 0.2) is 54.6 Å². The van der Waals surface area contributed by atoms with Crippen molar-refractivity contribution >= 4 is 39.2 Å². The second-order valence-corrected chi connectivity index (χ2v) is 8.29. The number of para-hydroxylation sites is 2. The van der Waals surface area contributed by atoms with Crippen LogP contribution in [0.1, 0.15) is 29.8 Å². The molecule has 1 aliphatic heterocycles. The Morgan fingerprint density at radius 2 is 1.86 bits per heavy atom. The van der Waals surface area contributed by atoms with Gasteiger partial charge in [0.15, 0.2) is 0 Å². The smallest absolute Gasteiger partial charge is 0.246 e. The van der Waals surface area contributed by atoms with Crippen LogP contribution in [0, 0.1) is 0 Å². The molecule has 0 saturated carbocycles. The van der Waals surface area contributed by atoms with Crippen LogP contribution >= 0.6 is 11.3 Å². The topological polar surface area (TPSA) is 36.4 Å². The summed E-state index contributed by atoms with van der Waals surface area (Å²) in [5.41, 5.74) is 3.44. The summed E-state index contributed by atoms with van der Waals surface area (Å²) >= 11 is 1.60. The summed E-state index contributed by atoms with van der Waals surface area (Å²) in [4.78, 5) is 21.4. The lowest BCUT2D eigenvalue weighted by Gasteiger charge is -2.31. The van der Waals surface area contributed by atoms with E-state index in [1.54, 1.807) is 22.3 Å². The predicted molar refractivity (Wildman–Crippen MR) is 118 cm³/mol. The number of hydrogen-bond donors (Lipinski definition) is 0. The van der Waals surface area contributed by atoms with Gasteiger partial charge in [-0.1, -0.05) is 30.3 Å². The van der Waals surface area contributed by atoms with Crippen LogP contribution in [0.4, 0.5) is 5.69 Å². The molecule has 4 rings (SSSR count). The van der Waals surface area contributed by atoms with E-state index in [1.807, 2.05) is 31.3 Å². The first-order valence-corrected chi connectivity index (χ1v) is 10.6. The zero-order valence-electron chi connectivity index (χ0n) is 16.2. The summed E-state index contributed by atoms with van der Waals surface area (Å²) in [6.07, 6.45) is 7.25. The van der Waals surface area contributed by atoms with Gasteiger partial charge in [0.05, 0.1) is 10.2 Å². The average Bonchev–Trinajstić information content (AvgIpc) is 3.16. The minimum atomic E-state index is -0.00676. The SMILES string of the molecule is CN(Cc1ccccc1N1CCCCC1)C(=O)/C=C/c1nc2ccccc2s1. The molecule has 1 aliphatic rings. The summed E-state index contributed by atoms with van der Waals surface area (Å²) in [6.45, 7) is 2.81.